The number of hydrogen-bond donors (Lipinski definition) is 2. The summed E-state index contributed by atoms with van der Waals surface area (Å²) in [5, 5.41) is 6.80. The van der Waals surface area contributed by atoms with Crippen molar-refractivity contribution in [1.29, 1.82) is 0 Å². The molecule has 1 heterocycles. The van der Waals surface area contributed by atoms with Crippen LogP contribution in [0, 0.1) is 6.92 Å². The van der Waals surface area contributed by atoms with E-state index in [9.17, 15) is 4.79 Å². The highest BCUT2D eigenvalue weighted by molar-refractivity contribution is 7.80. The quantitative estimate of drug-likeness (QED) is 0.833. The molecule has 2 aromatic rings. The maximum absolute atomic E-state index is 11.6. The summed E-state index contributed by atoms with van der Waals surface area (Å²) in [5.41, 5.74) is 2.20. The Balaban J connectivity index is 2.30. The van der Waals surface area contributed by atoms with Gasteiger partial charge < -0.3 is 9.84 Å². The molecule has 0 unspecified atom stereocenters. The molecule has 0 fully saturated rings. The summed E-state index contributed by atoms with van der Waals surface area (Å²) >= 11 is 4.03. The maximum atomic E-state index is 11.6. The topological polar surface area (TPSA) is 55.1 Å². The van der Waals surface area contributed by atoms with Crippen LogP contribution >= 0.6 is 12.6 Å². The smallest absolute Gasteiger partial charge is 0.225 e. The molecular weight excluding hydrogens is 248 g/mol. The van der Waals surface area contributed by atoms with E-state index in [1.807, 2.05) is 30.3 Å². The van der Waals surface area contributed by atoms with Gasteiger partial charge in [0, 0.05) is 12.0 Å². The first kappa shape index (κ1) is 12.7. The van der Waals surface area contributed by atoms with Crippen molar-refractivity contribution >= 4 is 24.2 Å². The van der Waals surface area contributed by atoms with Gasteiger partial charge in [-0.3, -0.25) is 4.79 Å². The van der Waals surface area contributed by atoms with Crippen LogP contribution in [-0.4, -0.2) is 16.8 Å². The van der Waals surface area contributed by atoms with E-state index in [0.717, 1.165) is 5.56 Å². The lowest BCUT2D eigenvalue weighted by atomic mass is 10.1. The minimum Gasteiger partial charge on any atom is -0.359 e. The summed E-state index contributed by atoms with van der Waals surface area (Å²) in [4.78, 5) is 11.6. The number of nitrogens with zero attached hydrogens (tertiary/aromatic N) is 1. The van der Waals surface area contributed by atoms with Crippen LogP contribution in [0.5, 0.6) is 0 Å². The van der Waals surface area contributed by atoms with Crippen molar-refractivity contribution in [1.82, 2.24) is 5.16 Å². The molecule has 4 nitrogen and oxygen atoms in total. The maximum Gasteiger partial charge on any atom is 0.225 e. The molecule has 0 aliphatic heterocycles. The average Bonchev–Trinajstić information content (AvgIpc) is 2.73. The number of aromatic nitrogens is 1. The van der Waals surface area contributed by atoms with Crippen LogP contribution in [0.15, 0.2) is 34.9 Å². The first-order valence-electron chi connectivity index (χ1n) is 5.64. The number of rotatable bonds is 4. The Hall–Kier alpha value is -1.75. The van der Waals surface area contributed by atoms with Crippen LogP contribution in [0.1, 0.15) is 12.2 Å². The summed E-state index contributed by atoms with van der Waals surface area (Å²) in [6.07, 6.45) is 0.363. The molecule has 18 heavy (non-hydrogen) atoms. The van der Waals surface area contributed by atoms with Gasteiger partial charge >= 0.3 is 0 Å². The van der Waals surface area contributed by atoms with Crippen molar-refractivity contribution in [3.05, 3.63) is 36.1 Å². The van der Waals surface area contributed by atoms with Crippen molar-refractivity contribution in [3.8, 4) is 11.3 Å². The lowest BCUT2D eigenvalue weighted by Crippen LogP contribution is -2.12. The SMILES string of the molecule is Cc1onc(-c2ccccc2)c1NC(=O)CCS. The summed E-state index contributed by atoms with van der Waals surface area (Å²) in [5.74, 6) is 1.02. The monoisotopic (exact) mass is 262 g/mol. The summed E-state index contributed by atoms with van der Waals surface area (Å²) in [6.45, 7) is 1.77. The van der Waals surface area contributed by atoms with E-state index >= 15 is 0 Å². The van der Waals surface area contributed by atoms with Gasteiger partial charge in [0.25, 0.3) is 0 Å². The predicted molar refractivity (Wildman–Crippen MR) is 73.8 cm³/mol. The summed E-state index contributed by atoms with van der Waals surface area (Å²) < 4.78 is 5.15. The standard InChI is InChI=1S/C13H14N2O2S/c1-9-12(14-11(16)7-8-18)13(15-17-9)10-5-3-2-4-6-10/h2-6,18H,7-8H2,1H3,(H,14,16). The van der Waals surface area contributed by atoms with E-state index in [-0.39, 0.29) is 5.91 Å². The van der Waals surface area contributed by atoms with Crippen LogP contribution < -0.4 is 5.32 Å². The Morgan fingerprint density at radius 3 is 2.78 bits per heavy atom. The van der Waals surface area contributed by atoms with Gasteiger partial charge in [0.2, 0.25) is 5.91 Å². The van der Waals surface area contributed by atoms with Gasteiger partial charge in [-0.2, -0.15) is 12.6 Å². The number of benzene rings is 1. The van der Waals surface area contributed by atoms with Crippen molar-refractivity contribution in [2.75, 3.05) is 11.1 Å². The second-order valence-electron chi connectivity index (χ2n) is 3.85. The molecule has 1 amide bonds. The van der Waals surface area contributed by atoms with Crippen LogP contribution in [0.2, 0.25) is 0 Å². The van der Waals surface area contributed by atoms with E-state index in [0.29, 0.717) is 29.3 Å². The number of thiol groups is 1. The third kappa shape index (κ3) is 2.73. The molecular formula is C13H14N2O2S. The van der Waals surface area contributed by atoms with Gasteiger partial charge in [0.15, 0.2) is 5.76 Å². The molecule has 0 atom stereocenters. The van der Waals surface area contributed by atoms with Crippen LogP contribution in [-0.2, 0) is 4.79 Å². The third-order valence-electron chi connectivity index (χ3n) is 2.51. The van der Waals surface area contributed by atoms with Crippen molar-refractivity contribution < 1.29 is 9.32 Å². The fourth-order valence-corrected chi connectivity index (χ4v) is 1.82. The van der Waals surface area contributed by atoms with Crippen LogP contribution in [0.3, 0.4) is 0 Å². The number of amides is 1. The number of aryl methyl sites for hydroxylation is 1. The number of nitrogens with one attached hydrogen (secondary N) is 1. The number of hydrogen-bond acceptors (Lipinski definition) is 4. The van der Waals surface area contributed by atoms with Crippen LogP contribution in [0.4, 0.5) is 5.69 Å². The highest BCUT2D eigenvalue weighted by atomic mass is 32.1. The highest BCUT2D eigenvalue weighted by Gasteiger charge is 2.16. The molecule has 0 bridgehead atoms. The Kier molecular flexibility index (Phi) is 4.04. The first-order chi connectivity index (χ1) is 8.72. The van der Waals surface area contributed by atoms with E-state index in [4.69, 9.17) is 4.52 Å². The molecule has 0 radical (unpaired) electrons. The number of carbonyl (C=O) groups excluding carboxylic acids is 1. The molecule has 0 aliphatic carbocycles. The molecule has 5 heteroatoms. The molecule has 0 saturated carbocycles. The Morgan fingerprint density at radius 1 is 1.39 bits per heavy atom. The van der Waals surface area contributed by atoms with Crippen molar-refractivity contribution in [2.45, 2.75) is 13.3 Å². The molecule has 0 aliphatic rings. The summed E-state index contributed by atoms with van der Waals surface area (Å²) in [6, 6.07) is 9.60. The average molecular weight is 262 g/mol. The minimum absolute atomic E-state index is 0.0894. The van der Waals surface area contributed by atoms with Crippen molar-refractivity contribution in [2.24, 2.45) is 0 Å². The number of carbonyl (C=O) groups is 1. The summed E-state index contributed by atoms with van der Waals surface area (Å²) in [7, 11) is 0. The Labute approximate surface area is 111 Å². The zero-order valence-electron chi connectivity index (χ0n) is 10.0. The van der Waals surface area contributed by atoms with E-state index in [1.165, 1.54) is 0 Å². The fourth-order valence-electron chi connectivity index (χ4n) is 1.62. The Bertz CT molecular complexity index is 537. The largest absolute Gasteiger partial charge is 0.359 e. The zero-order valence-corrected chi connectivity index (χ0v) is 10.9. The second kappa shape index (κ2) is 5.73. The van der Waals surface area contributed by atoms with E-state index < -0.39 is 0 Å². The zero-order chi connectivity index (χ0) is 13.0. The van der Waals surface area contributed by atoms with E-state index in [2.05, 4.69) is 23.1 Å². The van der Waals surface area contributed by atoms with Gasteiger partial charge in [-0.15, -0.1) is 0 Å². The lowest BCUT2D eigenvalue weighted by molar-refractivity contribution is -0.115. The van der Waals surface area contributed by atoms with Crippen molar-refractivity contribution in [3.63, 3.8) is 0 Å². The molecule has 2 rings (SSSR count). The minimum atomic E-state index is -0.0894. The van der Waals surface area contributed by atoms with E-state index in [1.54, 1.807) is 6.92 Å². The third-order valence-corrected chi connectivity index (χ3v) is 2.74. The van der Waals surface area contributed by atoms with Gasteiger partial charge in [0.1, 0.15) is 11.4 Å². The second-order valence-corrected chi connectivity index (χ2v) is 4.30. The normalized spacial score (nSPS) is 10.3. The molecule has 0 spiro atoms. The molecule has 1 N–H and O–H groups in total. The van der Waals surface area contributed by atoms with Gasteiger partial charge in [-0.05, 0) is 12.7 Å². The van der Waals surface area contributed by atoms with Gasteiger partial charge in [0.05, 0.1) is 0 Å². The fraction of sp³-hybridized carbons (Fsp3) is 0.231. The molecule has 94 valence electrons. The molecule has 1 aromatic carbocycles. The molecule has 1 aromatic heterocycles. The van der Waals surface area contributed by atoms with Gasteiger partial charge in [-0.1, -0.05) is 35.5 Å². The lowest BCUT2D eigenvalue weighted by Gasteiger charge is -2.04. The number of anilines is 1. The highest BCUT2D eigenvalue weighted by Crippen LogP contribution is 2.29. The predicted octanol–water partition coefficient (Wildman–Crippen LogP) is 2.91. The first-order valence-corrected chi connectivity index (χ1v) is 6.28. The van der Waals surface area contributed by atoms with Gasteiger partial charge in [-0.25, -0.2) is 0 Å². The van der Waals surface area contributed by atoms with Crippen LogP contribution in [0.25, 0.3) is 11.3 Å². The molecule has 0 saturated heterocycles. The Morgan fingerprint density at radius 2 is 2.11 bits per heavy atom.